The van der Waals surface area contributed by atoms with Gasteiger partial charge in [0.05, 0.1) is 11.5 Å². The summed E-state index contributed by atoms with van der Waals surface area (Å²) < 4.78 is 25.7. The molecule has 0 fully saturated rings. The Bertz CT molecular complexity index is 496. The molecular formula is C11H15NO4S. The number of nitrogens with one attached hydrogen (secondary N) is 1. The van der Waals surface area contributed by atoms with E-state index < -0.39 is 10.0 Å². The first-order valence-corrected chi connectivity index (χ1v) is 6.73. The fourth-order valence-corrected chi connectivity index (χ4v) is 2.37. The SMILES string of the molecule is CCC(=O)c1cccc(S(=O)(=O)NCCO)c1. The van der Waals surface area contributed by atoms with Gasteiger partial charge in [0.1, 0.15) is 0 Å². The third-order valence-corrected chi connectivity index (χ3v) is 3.65. The van der Waals surface area contributed by atoms with Crippen LogP contribution in [0.25, 0.3) is 0 Å². The van der Waals surface area contributed by atoms with E-state index in [1.165, 1.54) is 18.2 Å². The first kappa shape index (κ1) is 13.8. The molecule has 0 unspecified atom stereocenters. The fraction of sp³-hybridized carbons (Fsp3) is 0.364. The maximum atomic E-state index is 11.7. The second kappa shape index (κ2) is 5.90. The van der Waals surface area contributed by atoms with Crippen LogP contribution in [0, 0.1) is 0 Å². The van der Waals surface area contributed by atoms with Crippen LogP contribution < -0.4 is 4.72 Å². The lowest BCUT2D eigenvalue weighted by molar-refractivity contribution is 0.0988. The molecule has 0 saturated carbocycles. The Labute approximate surface area is 101 Å². The molecule has 6 heteroatoms. The van der Waals surface area contributed by atoms with E-state index in [0.29, 0.717) is 12.0 Å². The molecular weight excluding hydrogens is 242 g/mol. The highest BCUT2D eigenvalue weighted by Crippen LogP contribution is 2.12. The molecule has 17 heavy (non-hydrogen) atoms. The minimum atomic E-state index is -3.65. The highest BCUT2D eigenvalue weighted by molar-refractivity contribution is 7.89. The molecule has 2 N–H and O–H groups in total. The van der Waals surface area contributed by atoms with E-state index in [0.717, 1.165) is 0 Å². The lowest BCUT2D eigenvalue weighted by Crippen LogP contribution is -2.26. The maximum Gasteiger partial charge on any atom is 0.240 e. The molecule has 94 valence electrons. The van der Waals surface area contributed by atoms with Crippen molar-refractivity contribution in [2.45, 2.75) is 18.2 Å². The van der Waals surface area contributed by atoms with Gasteiger partial charge in [0.25, 0.3) is 0 Å². The van der Waals surface area contributed by atoms with Gasteiger partial charge in [0, 0.05) is 18.5 Å². The minimum Gasteiger partial charge on any atom is -0.395 e. The van der Waals surface area contributed by atoms with Crippen LogP contribution in [0.2, 0.25) is 0 Å². The summed E-state index contributed by atoms with van der Waals surface area (Å²) in [5, 5.41) is 8.58. The molecule has 0 aliphatic rings. The monoisotopic (exact) mass is 257 g/mol. The topological polar surface area (TPSA) is 83.5 Å². The average molecular weight is 257 g/mol. The van der Waals surface area contributed by atoms with E-state index in [9.17, 15) is 13.2 Å². The Kier molecular flexibility index (Phi) is 4.80. The zero-order chi connectivity index (χ0) is 12.9. The Hall–Kier alpha value is -1.24. The zero-order valence-electron chi connectivity index (χ0n) is 9.51. The summed E-state index contributed by atoms with van der Waals surface area (Å²) in [6, 6.07) is 5.85. The first-order chi connectivity index (χ1) is 8.01. The largest absolute Gasteiger partial charge is 0.395 e. The van der Waals surface area contributed by atoms with E-state index in [1.807, 2.05) is 0 Å². The van der Waals surface area contributed by atoms with Crippen LogP contribution in [0.15, 0.2) is 29.2 Å². The summed E-state index contributed by atoms with van der Waals surface area (Å²) >= 11 is 0. The summed E-state index contributed by atoms with van der Waals surface area (Å²) in [4.78, 5) is 11.5. The molecule has 5 nitrogen and oxygen atoms in total. The van der Waals surface area contributed by atoms with E-state index >= 15 is 0 Å². The molecule has 0 bridgehead atoms. The van der Waals surface area contributed by atoms with Crippen LogP contribution >= 0.6 is 0 Å². The number of rotatable bonds is 6. The number of hydrogen-bond acceptors (Lipinski definition) is 4. The molecule has 1 aromatic rings. The summed E-state index contributed by atoms with van der Waals surface area (Å²) in [7, 11) is -3.65. The molecule has 0 aliphatic heterocycles. The van der Waals surface area contributed by atoms with Crippen molar-refractivity contribution < 1.29 is 18.3 Å². The Morgan fingerprint density at radius 3 is 2.71 bits per heavy atom. The highest BCUT2D eigenvalue weighted by atomic mass is 32.2. The van der Waals surface area contributed by atoms with Gasteiger partial charge in [-0.2, -0.15) is 0 Å². The number of ketones is 1. The molecule has 0 saturated heterocycles. The van der Waals surface area contributed by atoms with E-state index in [2.05, 4.69) is 4.72 Å². The molecule has 0 spiro atoms. The van der Waals surface area contributed by atoms with Crippen molar-refractivity contribution in [1.82, 2.24) is 4.72 Å². The van der Waals surface area contributed by atoms with Crippen LogP contribution in [-0.4, -0.2) is 32.5 Å². The lowest BCUT2D eigenvalue weighted by Gasteiger charge is -2.06. The predicted molar refractivity (Wildman–Crippen MR) is 63.3 cm³/mol. The zero-order valence-corrected chi connectivity index (χ0v) is 10.3. The van der Waals surface area contributed by atoms with Crippen LogP contribution in [0.1, 0.15) is 23.7 Å². The van der Waals surface area contributed by atoms with Gasteiger partial charge in [-0.15, -0.1) is 0 Å². The molecule has 1 aromatic carbocycles. The predicted octanol–water partition coefficient (Wildman–Crippen LogP) is 0.550. The van der Waals surface area contributed by atoms with Gasteiger partial charge in [-0.1, -0.05) is 19.1 Å². The summed E-state index contributed by atoms with van der Waals surface area (Å²) in [6.45, 7) is 1.40. The van der Waals surface area contributed by atoms with Gasteiger partial charge in [-0.05, 0) is 12.1 Å². The van der Waals surface area contributed by atoms with Gasteiger partial charge in [-0.25, -0.2) is 13.1 Å². The third-order valence-electron chi connectivity index (χ3n) is 2.19. The smallest absolute Gasteiger partial charge is 0.240 e. The Morgan fingerprint density at radius 1 is 1.41 bits per heavy atom. The van der Waals surface area contributed by atoms with Gasteiger partial charge in [-0.3, -0.25) is 4.79 Å². The van der Waals surface area contributed by atoms with Crippen molar-refractivity contribution in [2.24, 2.45) is 0 Å². The van der Waals surface area contributed by atoms with E-state index in [4.69, 9.17) is 5.11 Å². The summed E-state index contributed by atoms with van der Waals surface area (Å²) in [5.41, 5.74) is 0.374. The fourth-order valence-electron chi connectivity index (χ4n) is 1.30. The van der Waals surface area contributed by atoms with Crippen molar-refractivity contribution in [3.63, 3.8) is 0 Å². The van der Waals surface area contributed by atoms with Crippen LogP contribution in [0.3, 0.4) is 0 Å². The Morgan fingerprint density at radius 2 is 2.12 bits per heavy atom. The van der Waals surface area contributed by atoms with Gasteiger partial charge >= 0.3 is 0 Å². The normalized spacial score (nSPS) is 11.4. The highest BCUT2D eigenvalue weighted by Gasteiger charge is 2.14. The van der Waals surface area contributed by atoms with Gasteiger partial charge in [0.15, 0.2) is 5.78 Å². The Balaban J connectivity index is 3.03. The summed E-state index contributed by atoms with van der Waals surface area (Å²) in [6.07, 6.45) is 0.327. The number of sulfonamides is 1. The molecule has 0 amide bonds. The molecule has 0 radical (unpaired) electrons. The van der Waals surface area contributed by atoms with Crippen molar-refractivity contribution in [2.75, 3.05) is 13.2 Å². The average Bonchev–Trinajstić information content (AvgIpc) is 2.35. The van der Waals surface area contributed by atoms with Crippen molar-refractivity contribution in [1.29, 1.82) is 0 Å². The number of hydrogen-bond donors (Lipinski definition) is 2. The summed E-state index contributed by atoms with van der Waals surface area (Å²) in [5.74, 6) is -0.107. The van der Waals surface area contributed by atoms with Crippen molar-refractivity contribution in [3.8, 4) is 0 Å². The van der Waals surface area contributed by atoms with Crippen molar-refractivity contribution >= 4 is 15.8 Å². The second-order valence-electron chi connectivity index (χ2n) is 3.43. The van der Waals surface area contributed by atoms with Crippen LogP contribution in [0.5, 0.6) is 0 Å². The molecule has 1 rings (SSSR count). The number of aliphatic hydroxyl groups is 1. The molecule has 0 aliphatic carbocycles. The quantitative estimate of drug-likeness (QED) is 0.729. The first-order valence-electron chi connectivity index (χ1n) is 5.25. The number of carbonyl (C=O) groups excluding carboxylic acids is 1. The number of Topliss-reactive ketones (excluding diaryl/α,β-unsaturated/α-hetero) is 1. The molecule has 0 heterocycles. The lowest BCUT2D eigenvalue weighted by atomic mass is 10.1. The third kappa shape index (κ3) is 3.62. The standard InChI is InChI=1S/C11H15NO4S/c1-2-11(14)9-4-3-5-10(8-9)17(15,16)12-6-7-13/h3-5,8,12-13H,2,6-7H2,1H3. The molecule has 0 aromatic heterocycles. The van der Waals surface area contributed by atoms with E-state index in [-0.39, 0.29) is 23.8 Å². The van der Waals surface area contributed by atoms with Gasteiger partial charge < -0.3 is 5.11 Å². The van der Waals surface area contributed by atoms with Crippen LogP contribution in [-0.2, 0) is 10.0 Å². The number of carbonyl (C=O) groups is 1. The van der Waals surface area contributed by atoms with Gasteiger partial charge in [0.2, 0.25) is 10.0 Å². The van der Waals surface area contributed by atoms with Crippen LogP contribution in [0.4, 0.5) is 0 Å². The minimum absolute atomic E-state index is 0.0326. The maximum absolute atomic E-state index is 11.7. The number of aliphatic hydroxyl groups excluding tert-OH is 1. The number of benzene rings is 1. The van der Waals surface area contributed by atoms with Crippen molar-refractivity contribution in [3.05, 3.63) is 29.8 Å². The second-order valence-corrected chi connectivity index (χ2v) is 5.19. The van der Waals surface area contributed by atoms with E-state index in [1.54, 1.807) is 13.0 Å². The molecule has 0 atom stereocenters.